The standard InChI is InChI=1S/C27H27ClN6O4.C27H25ClN6O3.C23H23FN6O2.C21H19N7O/c1-29-24(35)16-5-3-15(4-6-16)19-14-31-23-22(19)26(38-18-9-11-37-12-10-18)34-27(33-23)32-21-8-7-17(13-20(21)28)25(36)30-2;1-14-31-21-10-7-15(12-22(21)36-14)18-13-30-24-23(18)26(37-17-5-3-4-6-17)34-27(33-24)32-20-9-8-16(11-19(20)28)25(35)29-2;1-12-8-14(22(31)30(3)4)6-7-17(12)27-23-28-20-19(21(29-23)32-5)16(11-25-20)15-9-13(2)26-18(24)10-15;1-12-14-11-24-28(2)17(14)5-4-16(12)25-21-26-19-18(20(27-21)29-3)15(10-23-19)13-6-8-22-9-7-13/h3-8,13-14,18H,9-12H2,1-2H3,(H,29,35)(H,30,36)(H2,31,32,33,34);7-13,17H,3-6H2,1-2H3,(H,29,35)(H2,30,32,33,34);6-11H,1-5H3,(H2,25,27,28,29);4-11H,1-3H3,(H2,23,25,26,27). The lowest BCUT2D eigenvalue weighted by Crippen LogP contribution is -2.26. The van der Waals surface area contributed by atoms with Crippen LogP contribution in [0.5, 0.6) is 23.5 Å². The number of carbonyl (C=O) groups is 4. The minimum absolute atomic E-state index is 0.0523. The van der Waals surface area contributed by atoms with Crippen molar-refractivity contribution in [1.82, 2.24) is 105 Å². The number of nitrogens with one attached hydrogen (secondary N) is 11. The van der Waals surface area contributed by atoms with Crippen molar-refractivity contribution in [1.29, 1.82) is 0 Å². The van der Waals surface area contributed by atoms with Crippen LogP contribution in [0.1, 0.15) is 103 Å². The number of hydrogen-bond acceptors (Lipinski definition) is 26. The molecule has 13 heterocycles. The lowest BCUT2D eigenvalue weighted by molar-refractivity contribution is 0.0244. The second-order valence-electron chi connectivity index (χ2n) is 32.3. The van der Waals surface area contributed by atoms with Gasteiger partial charge in [0.2, 0.25) is 53.3 Å². The molecule has 0 unspecified atom stereocenters. The van der Waals surface area contributed by atoms with E-state index in [2.05, 4.69) is 109 Å². The fraction of sp³-hybridized carbons (Fsp3) is 0.224. The Morgan fingerprint density at radius 1 is 0.478 bits per heavy atom. The molecule has 0 bridgehead atoms. The van der Waals surface area contributed by atoms with Crippen molar-refractivity contribution in [2.75, 3.05) is 83.9 Å². The molecule has 2 fully saturated rings. The number of anilines is 8. The van der Waals surface area contributed by atoms with Gasteiger partial charge in [0, 0.05) is 172 Å². The van der Waals surface area contributed by atoms with Gasteiger partial charge in [-0.25, -0.2) is 9.97 Å². The van der Waals surface area contributed by atoms with E-state index in [0.717, 1.165) is 138 Å². The van der Waals surface area contributed by atoms with E-state index in [4.69, 9.17) is 66.3 Å². The second kappa shape index (κ2) is 40.1. The molecule has 6 aromatic carbocycles. The monoisotopic (exact) mass is 1870 g/mol. The van der Waals surface area contributed by atoms with Gasteiger partial charge >= 0.3 is 0 Å². The van der Waals surface area contributed by atoms with E-state index in [1.54, 1.807) is 129 Å². The van der Waals surface area contributed by atoms with Gasteiger partial charge in [0.15, 0.2) is 11.5 Å². The fourth-order valence-corrected chi connectivity index (χ4v) is 16.6. The first-order chi connectivity index (χ1) is 65.9. The lowest BCUT2D eigenvalue weighted by Gasteiger charge is -2.23. The SMILES string of the molecule is CNC(=O)c1ccc(-c2c[nH]c3nc(Nc4ccc(C(=O)NC)cc4Cl)nc(OC4CCOCC4)c23)cc1.CNC(=O)c1ccc(Nc2nc(OC3CCCC3)c3c(-c4ccc5nc(C)oc5c4)c[nH]c3n2)c(Cl)c1.COc1nc(Nc2ccc(C(=O)N(C)C)cc2C)nc2[nH]cc(-c3cc(C)nc(F)c3)c12.COc1nc(Nc2ccc3c(cnn3C)c2C)nc2[nH]cc(-c3ccncc3)c12. The number of fused-ring (bicyclic) bond motifs is 6. The number of aromatic nitrogens is 17. The highest BCUT2D eigenvalue weighted by Gasteiger charge is 2.28. The largest absolute Gasteiger partial charge is 0.480 e. The Morgan fingerprint density at radius 2 is 0.926 bits per heavy atom. The second-order valence-corrected chi connectivity index (χ2v) is 33.1. The summed E-state index contributed by atoms with van der Waals surface area (Å²) < 4.78 is 50.9. The Bertz CT molecular complexity index is 7540. The van der Waals surface area contributed by atoms with Gasteiger partial charge < -0.3 is 90.2 Å². The summed E-state index contributed by atoms with van der Waals surface area (Å²) >= 11 is 12.9. The van der Waals surface area contributed by atoms with Crippen molar-refractivity contribution < 1.29 is 51.7 Å². The molecule has 1 saturated heterocycles. The third-order valence-electron chi connectivity index (χ3n) is 23.1. The summed E-state index contributed by atoms with van der Waals surface area (Å²) in [5.74, 6) is 2.60. The van der Waals surface area contributed by atoms with Crippen molar-refractivity contribution in [2.24, 2.45) is 7.05 Å². The average Bonchev–Trinajstić information content (AvgIpc) is 1.59. The molecule has 1 aliphatic carbocycles. The molecule has 11 N–H and O–H groups in total. The van der Waals surface area contributed by atoms with Crippen molar-refractivity contribution in [2.45, 2.75) is 78.4 Å². The minimum atomic E-state index is -0.556. The molecular weight excluding hydrogens is 1780 g/mol. The molecule has 35 nitrogen and oxygen atoms in total. The Kier molecular flexibility index (Phi) is 27.0. The number of halogens is 3. The van der Waals surface area contributed by atoms with Gasteiger partial charge in [-0.05, 0) is 189 Å². The van der Waals surface area contributed by atoms with Gasteiger partial charge in [0.25, 0.3) is 23.6 Å². The quantitative estimate of drug-likeness (QED) is 0.0281. The smallest absolute Gasteiger partial charge is 0.253 e. The molecule has 18 aromatic rings. The van der Waals surface area contributed by atoms with Crippen LogP contribution in [0.4, 0.5) is 50.9 Å². The number of pyridine rings is 2. The maximum absolute atomic E-state index is 13.9. The van der Waals surface area contributed by atoms with Crippen LogP contribution in [-0.2, 0) is 11.8 Å². The van der Waals surface area contributed by atoms with Gasteiger partial charge in [-0.3, -0.25) is 28.8 Å². The Balaban J connectivity index is 0.000000126. The van der Waals surface area contributed by atoms with E-state index in [0.29, 0.717) is 143 Å². The number of amides is 4. The highest BCUT2D eigenvalue weighted by molar-refractivity contribution is 6.34. The number of methoxy groups -OCH3 is 2. The van der Waals surface area contributed by atoms with Gasteiger partial charge in [-0.1, -0.05) is 41.4 Å². The molecule has 2 aliphatic rings. The van der Waals surface area contributed by atoms with E-state index < -0.39 is 5.95 Å². The first-order valence-electron chi connectivity index (χ1n) is 43.5. The third kappa shape index (κ3) is 19.8. The Morgan fingerprint density at radius 3 is 1.43 bits per heavy atom. The summed E-state index contributed by atoms with van der Waals surface area (Å²) in [5.41, 5.74) is 19.4. The summed E-state index contributed by atoms with van der Waals surface area (Å²) in [5, 5.41) is 29.8. The number of ether oxygens (including phenoxy) is 5. The van der Waals surface area contributed by atoms with Crippen LogP contribution in [0.2, 0.25) is 10.0 Å². The van der Waals surface area contributed by atoms with Crippen LogP contribution >= 0.6 is 23.2 Å². The average molecular weight is 1870 g/mol. The maximum Gasteiger partial charge on any atom is 0.253 e. The predicted molar refractivity (Wildman–Crippen MR) is 521 cm³/mol. The molecule has 1 saturated carbocycles. The molecule has 1 aliphatic heterocycles. The minimum Gasteiger partial charge on any atom is -0.480 e. The molecular formula is C98H94Cl2FN25O10. The summed E-state index contributed by atoms with van der Waals surface area (Å²) in [7, 11) is 13.2. The molecule has 0 atom stereocenters. The Labute approximate surface area is 787 Å². The molecule has 12 aromatic heterocycles. The first-order valence-corrected chi connectivity index (χ1v) is 44.3. The molecule has 0 spiro atoms. The highest BCUT2D eigenvalue weighted by Crippen LogP contribution is 2.43. The summed E-state index contributed by atoms with van der Waals surface area (Å²) in [6, 6.07) is 39.7. The number of oxazole rings is 1. The number of hydrogen-bond donors (Lipinski definition) is 11. The number of benzene rings is 6. The van der Waals surface area contributed by atoms with Crippen molar-refractivity contribution >= 4 is 160 Å². The van der Waals surface area contributed by atoms with E-state index in [9.17, 15) is 23.6 Å². The number of carbonyl (C=O) groups excluding carboxylic acids is 4. The number of H-pyrrole nitrogens is 4. The first kappa shape index (κ1) is 91.7. The fourth-order valence-electron chi connectivity index (χ4n) is 16.2. The van der Waals surface area contributed by atoms with Crippen molar-refractivity contribution in [3.05, 3.63) is 238 Å². The zero-order valence-electron chi connectivity index (χ0n) is 76.0. The summed E-state index contributed by atoms with van der Waals surface area (Å²) in [4.78, 5) is 112. The third-order valence-corrected chi connectivity index (χ3v) is 23.7. The number of aromatic amines is 4. The van der Waals surface area contributed by atoms with E-state index in [1.165, 1.54) is 18.1 Å². The van der Waals surface area contributed by atoms with Crippen LogP contribution in [-0.4, -0.2) is 188 Å². The van der Waals surface area contributed by atoms with E-state index in [-0.39, 0.29) is 41.8 Å². The molecule has 136 heavy (non-hydrogen) atoms. The number of rotatable bonds is 22. The van der Waals surface area contributed by atoms with Crippen LogP contribution < -0.4 is 56.2 Å². The predicted octanol–water partition coefficient (Wildman–Crippen LogP) is 18.6. The highest BCUT2D eigenvalue weighted by atomic mass is 35.5. The normalized spacial score (nSPS) is 12.6. The number of aryl methyl sites for hydroxylation is 5. The lowest BCUT2D eigenvalue weighted by atomic mass is 10.0. The van der Waals surface area contributed by atoms with Crippen molar-refractivity contribution in [3.8, 4) is 68.0 Å². The Hall–Kier alpha value is -16.2. The van der Waals surface area contributed by atoms with Crippen molar-refractivity contribution in [3.63, 3.8) is 0 Å². The summed E-state index contributed by atoms with van der Waals surface area (Å²) in [6.45, 7) is 8.77. The topological polar surface area (TPSA) is 438 Å². The summed E-state index contributed by atoms with van der Waals surface area (Å²) in [6.07, 6.45) is 18.6. The van der Waals surface area contributed by atoms with Crippen LogP contribution in [0.3, 0.4) is 0 Å². The molecule has 692 valence electrons. The van der Waals surface area contributed by atoms with Gasteiger partial charge in [0.05, 0.1) is 82.1 Å². The molecule has 0 radical (unpaired) electrons. The van der Waals surface area contributed by atoms with E-state index >= 15 is 0 Å². The van der Waals surface area contributed by atoms with Gasteiger partial charge in [0.1, 0.15) is 40.3 Å². The molecule has 38 heteroatoms. The molecule has 20 rings (SSSR count). The number of nitrogens with zero attached hydrogens (tertiary/aromatic N) is 14. The van der Waals surface area contributed by atoms with Crippen LogP contribution in [0.15, 0.2) is 181 Å². The maximum atomic E-state index is 13.9. The van der Waals surface area contributed by atoms with Crippen LogP contribution in [0.25, 0.3) is 111 Å². The molecule has 4 amide bonds. The zero-order valence-corrected chi connectivity index (χ0v) is 77.5. The van der Waals surface area contributed by atoms with Gasteiger partial charge in [-0.15, -0.1) is 0 Å². The van der Waals surface area contributed by atoms with E-state index in [1.807, 2.05) is 117 Å². The van der Waals surface area contributed by atoms with Crippen LogP contribution in [0, 0.1) is 33.6 Å². The zero-order chi connectivity index (χ0) is 95.1. The van der Waals surface area contributed by atoms with Gasteiger partial charge in [-0.2, -0.15) is 49.4 Å².